The van der Waals surface area contributed by atoms with Crippen molar-refractivity contribution < 1.29 is 18.7 Å². The van der Waals surface area contributed by atoms with Crippen molar-refractivity contribution in [1.29, 1.82) is 0 Å². The van der Waals surface area contributed by atoms with Crippen LogP contribution in [0.15, 0.2) is 53.1 Å². The molecule has 0 N–H and O–H groups in total. The number of benzene rings is 2. The zero-order chi connectivity index (χ0) is 22.4. The van der Waals surface area contributed by atoms with Gasteiger partial charge in [0.1, 0.15) is 24.2 Å². The maximum atomic E-state index is 14.0. The molecule has 164 valence electrons. The summed E-state index contributed by atoms with van der Waals surface area (Å²) in [4.78, 5) is 29.6. The van der Waals surface area contributed by atoms with E-state index in [0.717, 1.165) is 10.0 Å². The van der Waals surface area contributed by atoms with E-state index in [9.17, 15) is 14.0 Å². The van der Waals surface area contributed by atoms with Gasteiger partial charge in [-0.2, -0.15) is 5.10 Å². The number of halogens is 2. The van der Waals surface area contributed by atoms with Crippen LogP contribution in [0.5, 0.6) is 5.75 Å². The number of rotatable bonds is 3. The van der Waals surface area contributed by atoms with Crippen molar-refractivity contribution in [3.05, 3.63) is 75.8 Å². The standard InChI is InChI=1S/C23H20BrFN4O3/c1-27-18-10-16(24)6-7-20(18)32-13-19(22(27)30)29-9-8-15-12-28(26-21(15)23(29)31)11-14-4-2-3-5-17(14)25/h2-7,10,12,19H,8-9,11,13H2,1H3/t19-/m0/s1. The fourth-order valence-electron chi connectivity index (χ4n) is 4.16. The molecule has 1 aromatic heterocycles. The van der Waals surface area contributed by atoms with E-state index in [2.05, 4.69) is 21.0 Å². The van der Waals surface area contributed by atoms with Crippen molar-refractivity contribution >= 4 is 33.4 Å². The molecule has 2 aliphatic heterocycles. The smallest absolute Gasteiger partial charge is 0.275 e. The highest BCUT2D eigenvalue weighted by molar-refractivity contribution is 9.10. The second-order valence-corrected chi connectivity index (χ2v) is 8.79. The van der Waals surface area contributed by atoms with E-state index >= 15 is 0 Å². The number of carbonyl (C=O) groups excluding carboxylic acids is 2. The second-order valence-electron chi connectivity index (χ2n) is 7.88. The molecule has 2 amide bonds. The Balaban J connectivity index is 1.39. The molecule has 0 fully saturated rings. The van der Waals surface area contributed by atoms with E-state index in [1.165, 1.54) is 15.9 Å². The topological polar surface area (TPSA) is 67.7 Å². The van der Waals surface area contributed by atoms with Crippen molar-refractivity contribution in [1.82, 2.24) is 14.7 Å². The summed E-state index contributed by atoms with van der Waals surface area (Å²) in [5, 5.41) is 4.42. The van der Waals surface area contributed by atoms with Crippen molar-refractivity contribution in [3.63, 3.8) is 0 Å². The van der Waals surface area contributed by atoms with Crippen LogP contribution in [0.2, 0.25) is 0 Å². The number of fused-ring (bicyclic) bond motifs is 2. The van der Waals surface area contributed by atoms with Crippen LogP contribution in [0.1, 0.15) is 21.6 Å². The Hall–Kier alpha value is -3.20. The first-order valence-electron chi connectivity index (χ1n) is 10.2. The fourth-order valence-corrected chi connectivity index (χ4v) is 4.51. The summed E-state index contributed by atoms with van der Waals surface area (Å²) in [6, 6.07) is 11.2. The van der Waals surface area contributed by atoms with E-state index in [0.29, 0.717) is 35.7 Å². The Kier molecular flexibility index (Phi) is 5.21. The Morgan fingerprint density at radius 1 is 1.22 bits per heavy atom. The van der Waals surface area contributed by atoms with Gasteiger partial charge in [0.25, 0.3) is 11.8 Å². The molecule has 0 spiro atoms. The molecule has 3 heterocycles. The molecular weight excluding hydrogens is 479 g/mol. The van der Waals surface area contributed by atoms with E-state index in [1.54, 1.807) is 42.2 Å². The minimum Gasteiger partial charge on any atom is -0.489 e. The number of carbonyl (C=O) groups is 2. The number of aromatic nitrogens is 2. The summed E-state index contributed by atoms with van der Waals surface area (Å²) in [5.41, 5.74) is 2.23. The van der Waals surface area contributed by atoms with Crippen molar-refractivity contribution in [2.24, 2.45) is 0 Å². The molecule has 7 nitrogen and oxygen atoms in total. The number of ether oxygens (including phenoxy) is 1. The second kappa shape index (κ2) is 8.05. The highest BCUT2D eigenvalue weighted by Crippen LogP contribution is 2.34. The SMILES string of the molecule is CN1C(=O)[C@@H](N2CCc3cn(Cc4ccccc4F)nc3C2=O)COc2ccc(Br)cc21. The van der Waals surface area contributed by atoms with Gasteiger partial charge in [0.2, 0.25) is 0 Å². The van der Waals surface area contributed by atoms with Gasteiger partial charge in [0.15, 0.2) is 5.69 Å². The molecule has 3 aromatic rings. The van der Waals surface area contributed by atoms with Crippen molar-refractivity contribution in [3.8, 4) is 5.75 Å². The molecule has 1 atom stereocenters. The summed E-state index contributed by atoms with van der Waals surface area (Å²) >= 11 is 3.42. The van der Waals surface area contributed by atoms with Gasteiger partial charge < -0.3 is 14.5 Å². The molecule has 0 aliphatic carbocycles. The summed E-state index contributed by atoms with van der Waals surface area (Å²) in [6.45, 7) is 0.672. The number of hydrogen-bond donors (Lipinski definition) is 0. The Bertz CT molecular complexity index is 1230. The summed E-state index contributed by atoms with van der Waals surface area (Å²) in [7, 11) is 1.68. The van der Waals surface area contributed by atoms with Gasteiger partial charge in [-0.05, 0) is 30.7 Å². The van der Waals surface area contributed by atoms with E-state index in [1.807, 2.05) is 12.1 Å². The van der Waals surface area contributed by atoms with Crippen molar-refractivity contribution in [2.75, 3.05) is 25.1 Å². The van der Waals surface area contributed by atoms with Gasteiger partial charge in [-0.25, -0.2) is 4.39 Å². The summed E-state index contributed by atoms with van der Waals surface area (Å²) < 4.78 is 22.3. The lowest BCUT2D eigenvalue weighted by Gasteiger charge is -2.33. The lowest BCUT2D eigenvalue weighted by molar-refractivity contribution is -0.123. The highest BCUT2D eigenvalue weighted by atomic mass is 79.9. The lowest BCUT2D eigenvalue weighted by Crippen LogP contribution is -2.54. The van der Waals surface area contributed by atoms with Gasteiger partial charge in [0.05, 0.1) is 12.2 Å². The quantitative estimate of drug-likeness (QED) is 0.555. The van der Waals surface area contributed by atoms with Crippen LogP contribution < -0.4 is 9.64 Å². The van der Waals surface area contributed by atoms with Gasteiger partial charge >= 0.3 is 0 Å². The zero-order valence-corrected chi connectivity index (χ0v) is 18.9. The number of hydrogen-bond acceptors (Lipinski definition) is 4. The normalized spacial score (nSPS) is 18.2. The summed E-state index contributed by atoms with van der Waals surface area (Å²) in [5.74, 6) is -0.263. The van der Waals surface area contributed by atoms with Gasteiger partial charge in [-0.1, -0.05) is 34.1 Å². The number of nitrogens with zero attached hydrogens (tertiary/aromatic N) is 4. The maximum Gasteiger partial charge on any atom is 0.275 e. The molecule has 9 heteroatoms. The number of amides is 2. The van der Waals surface area contributed by atoms with Crippen molar-refractivity contribution in [2.45, 2.75) is 19.0 Å². The first-order chi connectivity index (χ1) is 15.4. The predicted octanol–water partition coefficient (Wildman–Crippen LogP) is 3.26. The highest BCUT2D eigenvalue weighted by Gasteiger charge is 2.39. The maximum absolute atomic E-state index is 14.0. The minimum absolute atomic E-state index is 0.0643. The molecule has 0 unspecified atom stereocenters. The Morgan fingerprint density at radius 2 is 2.03 bits per heavy atom. The van der Waals surface area contributed by atoms with Gasteiger partial charge in [0, 0.05) is 35.4 Å². The van der Waals surface area contributed by atoms with Crippen LogP contribution in [-0.4, -0.2) is 52.7 Å². The van der Waals surface area contributed by atoms with Gasteiger partial charge in [-0.15, -0.1) is 0 Å². The minimum atomic E-state index is -0.761. The summed E-state index contributed by atoms with van der Waals surface area (Å²) in [6.07, 6.45) is 2.34. The molecule has 2 aromatic carbocycles. The Labute approximate surface area is 192 Å². The molecule has 5 rings (SSSR count). The van der Waals surface area contributed by atoms with Crippen LogP contribution in [0.4, 0.5) is 10.1 Å². The lowest BCUT2D eigenvalue weighted by atomic mass is 10.0. The third-order valence-electron chi connectivity index (χ3n) is 5.88. The van der Waals surface area contributed by atoms with Crippen LogP contribution in [0.3, 0.4) is 0 Å². The van der Waals surface area contributed by atoms with E-state index in [4.69, 9.17) is 4.74 Å². The largest absolute Gasteiger partial charge is 0.489 e. The van der Waals surface area contributed by atoms with Gasteiger partial charge in [-0.3, -0.25) is 14.3 Å². The predicted molar refractivity (Wildman–Crippen MR) is 119 cm³/mol. The van der Waals surface area contributed by atoms with Crippen LogP contribution in [0, 0.1) is 5.82 Å². The average molecular weight is 499 g/mol. The van der Waals surface area contributed by atoms with Crippen LogP contribution in [0.25, 0.3) is 0 Å². The number of anilines is 1. The van der Waals surface area contributed by atoms with E-state index < -0.39 is 6.04 Å². The molecule has 0 saturated heterocycles. The zero-order valence-electron chi connectivity index (χ0n) is 17.3. The van der Waals surface area contributed by atoms with E-state index in [-0.39, 0.29) is 30.8 Å². The molecule has 2 aliphatic rings. The Morgan fingerprint density at radius 3 is 2.84 bits per heavy atom. The monoisotopic (exact) mass is 498 g/mol. The third kappa shape index (κ3) is 3.56. The number of likely N-dealkylation sites (N-methyl/N-ethyl adjacent to an activating group) is 1. The molecule has 0 saturated carbocycles. The molecule has 0 bridgehead atoms. The van der Waals surface area contributed by atoms with Crippen LogP contribution in [-0.2, 0) is 17.8 Å². The molecule has 0 radical (unpaired) electrons. The van der Waals surface area contributed by atoms with Crippen LogP contribution >= 0.6 is 15.9 Å². The molecular formula is C23H20BrFN4O3. The first-order valence-corrected chi connectivity index (χ1v) is 11.0. The molecule has 32 heavy (non-hydrogen) atoms. The fraction of sp³-hybridized carbons (Fsp3) is 0.261. The third-order valence-corrected chi connectivity index (χ3v) is 6.38. The average Bonchev–Trinajstić information content (AvgIpc) is 3.15. The first kappa shape index (κ1) is 20.7.